The van der Waals surface area contributed by atoms with E-state index in [1.165, 1.54) is 11.3 Å². The minimum atomic E-state index is -0.0154. The first-order valence-electron chi connectivity index (χ1n) is 4.98. The Hall–Kier alpha value is -1.24. The van der Waals surface area contributed by atoms with Crippen molar-refractivity contribution < 1.29 is 0 Å². The molecule has 0 spiro atoms. The van der Waals surface area contributed by atoms with E-state index >= 15 is 0 Å². The van der Waals surface area contributed by atoms with Gasteiger partial charge in [0.2, 0.25) is 0 Å². The van der Waals surface area contributed by atoms with Gasteiger partial charge in [0.15, 0.2) is 4.77 Å². The van der Waals surface area contributed by atoms with Crippen molar-refractivity contribution in [1.29, 1.82) is 0 Å². The van der Waals surface area contributed by atoms with Gasteiger partial charge in [0.05, 0.1) is 11.9 Å². The minimum Gasteiger partial charge on any atom is -0.323 e. The summed E-state index contributed by atoms with van der Waals surface area (Å²) in [7, 11) is 0. The summed E-state index contributed by atoms with van der Waals surface area (Å²) in [5, 5.41) is 4.60. The van der Waals surface area contributed by atoms with E-state index in [-0.39, 0.29) is 5.56 Å². The molecule has 3 nitrogen and oxygen atoms in total. The van der Waals surface area contributed by atoms with E-state index in [2.05, 4.69) is 4.98 Å². The Morgan fingerprint density at radius 1 is 1.29 bits per heavy atom. The van der Waals surface area contributed by atoms with Crippen LogP contribution in [0, 0.1) is 4.77 Å². The minimum absolute atomic E-state index is 0.0154. The molecular weight excluding hydrogens is 272 g/mol. The van der Waals surface area contributed by atoms with Crippen LogP contribution in [0.25, 0.3) is 10.2 Å². The molecule has 3 heterocycles. The van der Waals surface area contributed by atoms with Gasteiger partial charge in [0.25, 0.3) is 5.56 Å². The third-order valence-electron chi connectivity index (χ3n) is 2.50. The van der Waals surface area contributed by atoms with Crippen molar-refractivity contribution >= 4 is 45.1 Å². The van der Waals surface area contributed by atoms with Crippen LogP contribution in [0.1, 0.15) is 4.88 Å². The molecule has 0 aliphatic heterocycles. The van der Waals surface area contributed by atoms with Crippen molar-refractivity contribution in [2.75, 3.05) is 0 Å². The second-order valence-electron chi connectivity index (χ2n) is 3.56. The molecule has 1 N–H and O–H groups in total. The highest BCUT2D eigenvalue weighted by Gasteiger charge is 2.07. The maximum absolute atomic E-state index is 12.2. The molecule has 0 radical (unpaired) electrons. The average Bonchev–Trinajstić information content (AvgIpc) is 2.94. The maximum atomic E-state index is 12.2. The smallest absolute Gasteiger partial charge is 0.263 e. The van der Waals surface area contributed by atoms with Crippen molar-refractivity contribution in [1.82, 2.24) is 9.55 Å². The van der Waals surface area contributed by atoms with Gasteiger partial charge in [-0.25, -0.2) is 0 Å². The number of H-pyrrole nitrogens is 1. The molecule has 86 valence electrons. The maximum Gasteiger partial charge on any atom is 0.263 e. The molecule has 3 rings (SSSR count). The number of rotatable bonds is 2. The molecule has 0 saturated carbocycles. The number of nitrogens with zero attached hydrogens (tertiary/aromatic N) is 1. The van der Waals surface area contributed by atoms with Gasteiger partial charge in [-0.3, -0.25) is 9.36 Å². The van der Waals surface area contributed by atoms with E-state index in [1.807, 2.05) is 29.0 Å². The average molecular weight is 280 g/mol. The van der Waals surface area contributed by atoms with Crippen LogP contribution in [-0.2, 0) is 6.54 Å². The van der Waals surface area contributed by atoms with E-state index in [4.69, 9.17) is 12.2 Å². The predicted molar refractivity (Wildman–Crippen MR) is 74.7 cm³/mol. The third-order valence-corrected chi connectivity index (χ3v) is 4.51. The third kappa shape index (κ3) is 1.88. The second kappa shape index (κ2) is 4.21. The summed E-state index contributed by atoms with van der Waals surface area (Å²) in [5.74, 6) is 0. The molecule has 3 aromatic rings. The summed E-state index contributed by atoms with van der Waals surface area (Å²) in [5.41, 5.74) is -0.0154. The van der Waals surface area contributed by atoms with Crippen molar-refractivity contribution in [3.63, 3.8) is 0 Å². The van der Waals surface area contributed by atoms with E-state index in [0.717, 1.165) is 9.71 Å². The monoisotopic (exact) mass is 280 g/mol. The van der Waals surface area contributed by atoms with Gasteiger partial charge in [0.1, 0.15) is 4.83 Å². The van der Waals surface area contributed by atoms with E-state index in [9.17, 15) is 4.79 Å². The molecule has 0 unspecified atom stereocenters. The molecule has 0 fully saturated rings. The number of hydrogen-bond acceptors (Lipinski definition) is 4. The Balaban J connectivity index is 2.22. The second-order valence-corrected chi connectivity index (χ2v) is 5.90. The van der Waals surface area contributed by atoms with Gasteiger partial charge in [-0.05, 0) is 35.1 Å². The summed E-state index contributed by atoms with van der Waals surface area (Å²) in [6.45, 7) is 0.539. The zero-order valence-electron chi connectivity index (χ0n) is 8.67. The Labute approximate surface area is 110 Å². The molecule has 6 heteroatoms. The lowest BCUT2D eigenvalue weighted by Gasteiger charge is -2.04. The number of aromatic amines is 1. The van der Waals surface area contributed by atoms with Crippen LogP contribution in [0.4, 0.5) is 0 Å². The predicted octanol–water partition coefficient (Wildman–Crippen LogP) is 3.23. The van der Waals surface area contributed by atoms with E-state index < -0.39 is 0 Å². The van der Waals surface area contributed by atoms with E-state index in [1.54, 1.807) is 15.9 Å². The number of hydrogen-bond donors (Lipinski definition) is 1. The topological polar surface area (TPSA) is 37.8 Å². The van der Waals surface area contributed by atoms with Crippen LogP contribution in [-0.4, -0.2) is 9.55 Å². The summed E-state index contributed by atoms with van der Waals surface area (Å²) >= 11 is 8.35. The Morgan fingerprint density at radius 2 is 2.18 bits per heavy atom. The van der Waals surface area contributed by atoms with Crippen LogP contribution < -0.4 is 5.56 Å². The lowest BCUT2D eigenvalue weighted by molar-refractivity contribution is 0.745. The largest absolute Gasteiger partial charge is 0.323 e. The fraction of sp³-hybridized carbons (Fsp3) is 0.0909. The number of fused-ring (bicyclic) bond motifs is 1. The molecule has 3 aromatic heterocycles. The molecule has 17 heavy (non-hydrogen) atoms. The number of thiophene rings is 2. The first-order chi connectivity index (χ1) is 8.25. The van der Waals surface area contributed by atoms with Crippen molar-refractivity contribution in [3.05, 3.63) is 49.0 Å². The van der Waals surface area contributed by atoms with Crippen molar-refractivity contribution in [3.8, 4) is 0 Å². The van der Waals surface area contributed by atoms with Crippen LogP contribution in [0.15, 0.2) is 33.8 Å². The molecular formula is C11H8N2OS3. The molecule has 0 amide bonds. The summed E-state index contributed by atoms with van der Waals surface area (Å²) < 4.78 is 2.09. The van der Waals surface area contributed by atoms with Gasteiger partial charge < -0.3 is 4.98 Å². The lowest BCUT2D eigenvalue weighted by Crippen LogP contribution is -2.21. The fourth-order valence-electron chi connectivity index (χ4n) is 1.68. The quantitative estimate of drug-likeness (QED) is 0.732. The van der Waals surface area contributed by atoms with Gasteiger partial charge in [-0.15, -0.1) is 22.7 Å². The van der Waals surface area contributed by atoms with E-state index in [0.29, 0.717) is 16.7 Å². The van der Waals surface area contributed by atoms with Crippen LogP contribution in [0.3, 0.4) is 0 Å². The van der Waals surface area contributed by atoms with Crippen molar-refractivity contribution in [2.24, 2.45) is 0 Å². The standard InChI is InChI=1S/C11H8N2OS3/c14-10-8-3-5-17-9(8)12-11(15)13(10)6-7-2-1-4-16-7/h1-5H,6H2,(H,12,15). The van der Waals surface area contributed by atoms with Crippen LogP contribution in [0.5, 0.6) is 0 Å². The Morgan fingerprint density at radius 3 is 2.94 bits per heavy atom. The van der Waals surface area contributed by atoms with Crippen molar-refractivity contribution in [2.45, 2.75) is 6.54 Å². The molecule has 0 bridgehead atoms. The molecule has 0 aliphatic carbocycles. The summed E-state index contributed by atoms with van der Waals surface area (Å²) in [6, 6.07) is 5.81. The number of aromatic nitrogens is 2. The van der Waals surface area contributed by atoms with Gasteiger partial charge in [-0.2, -0.15) is 0 Å². The molecule has 0 saturated heterocycles. The highest BCUT2D eigenvalue weighted by atomic mass is 32.1. The molecule has 0 atom stereocenters. The highest BCUT2D eigenvalue weighted by Crippen LogP contribution is 2.15. The fourth-order valence-corrected chi connectivity index (χ4v) is 3.46. The molecule has 0 aliphatic rings. The van der Waals surface area contributed by atoms with Crippen LogP contribution in [0.2, 0.25) is 0 Å². The van der Waals surface area contributed by atoms with Gasteiger partial charge >= 0.3 is 0 Å². The zero-order valence-corrected chi connectivity index (χ0v) is 11.1. The normalized spacial score (nSPS) is 11.1. The zero-order chi connectivity index (χ0) is 11.8. The Bertz CT molecular complexity index is 764. The first-order valence-corrected chi connectivity index (χ1v) is 7.15. The highest BCUT2D eigenvalue weighted by molar-refractivity contribution is 7.71. The number of nitrogens with one attached hydrogen (secondary N) is 1. The van der Waals surface area contributed by atoms with Crippen LogP contribution >= 0.6 is 34.9 Å². The van der Waals surface area contributed by atoms with Gasteiger partial charge in [0, 0.05) is 4.88 Å². The first kappa shape index (κ1) is 10.9. The SMILES string of the molecule is O=c1c2ccsc2[nH]c(=S)n1Cc1cccs1. The summed E-state index contributed by atoms with van der Waals surface area (Å²) in [4.78, 5) is 17.3. The summed E-state index contributed by atoms with van der Waals surface area (Å²) in [6.07, 6.45) is 0. The Kier molecular flexibility index (Phi) is 2.70. The van der Waals surface area contributed by atoms with Gasteiger partial charge in [-0.1, -0.05) is 6.07 Å². The molecule has 0 aromatic carbocycles. The lowest BCUT2D eigenvalue weighted by atomic mass is 10.4.